The Bertz CT molecular complexity index is 339. The summed E-state index contributed by atoms with van der Waals surface area (Å²) in [5, 5.41) is 0.518. The summed E-state index contributed by atoms with van der Waals surface area (Å²) in [5.41, 5.74) is 0.450. The number of aldehydes is 1. The maximum atomic E-state index is 10.7. The molecule has 0 aliphatic heterocycles. The van der Waals surface area contributed by atoms with E-state index >= 15 is 0 Å². The predicted octanol–water partition coefficient (Wildman–Crippen LogP) is 2.57. The number of benzene rings is 1. The molecule has 0 amide bonds. The molecule has 1 atom stereocenters. The van der Waals surface area contributed by atoms with E-state index < -0.39 is 0 Å². The highest BCUT2D eigenvalue weighted by Crippen LogP contribution is 2.21. The molecule has 0 aliphatic rings. The van der Waals surface area contributed by atoms with Crippen molar-refractivity contribution in [2.75, 3.05) is 13.7 Å². The first-order chi connectivity index (χ1) is 7.17. The SMILES string of the molecule is COC(C)COc1ccc(Cl)cc1C=O. The third kappa shape index (κ3) is 3.53. The zero-order chi connectivity index (χ0) is 11.3. The summed E-state index contributed by atoms with van der Waals surface area (Å²) in [6.45, 7) is 2.29. The monoisotopic (exact) mass is 228 g/mol. The zero-order valence-corrected chi connectivity index (χ0v) is 9.45. The lowest BCUT2D eigenvalue weighted by molar-refractivity contribution is 0.0711. The number of methoxy groups -OCH3 is 1. The largest absolute Gasteiger partial charge is 0.490 e. The summed E-state index contributed by atoms with van der Waals surface area (Å²) in [5.74, 6) is 0.526. The molecule has 1 aromatic rings. The Labute approximate surface area is 93.9 Å². The van der Waals surface area contributed by atoms with E-state index in [1.807, 2.05) is 6.92 Å². The number of hydrogen-bond donors (Lipinski definition) is 0. The quantitative estimate of drug-likeness (QED) is 0.727. The van der Waals surface area contributed by atoms with Crippen LogP contribution in [0.1, 0.15) is 17.3 Å². The van der Waals surface area contributed by atoms with Gasteiger partial charge in [-0.2, -0.15) is 0 Å². The van der Waals surface area contributed by atoms with Crippen LogP contribution in [0.2, 0.25) is 5.02 Å². The standard InChI is InChI=1S/C11H13ClO3/c1-8(14-2)7-15-11-4-3-10(12)5-9(11)6-13/h3-6,8H,7H2,1-2H3. The lowest BCUT2D eigenvalue weighted by atomic mass is 10.2. The van der Waals surface area contributed by atoms with Crippen molar-refractivity contribution in [3.05, 3.63) is 28.8 Å². The molecule has 3 nitrogen and oxygen atoms in total. The minimum Gasteiger partial charge on any atom is -0.490 e. The van der Waals surface area contributed by atoms with Crippen LogP contribution >= 0.6 is 11.6 Å². The lowest BCUT2D eigenvalue weighted by Gasteiger charge is -2.12. The second-order valence-electron chi connectivity index (χ2n) is 3.16. The van der Waals surface area contributed by atoms with Crippen molar-refractivity contribution in [3.8, 4) is 5.75 Å². The fourth-order valence-corrected chi connectivity index (χ4v) is 1.20. The fourth-order valence-electron chi connectivity index (χ4n) is 1.02. The second-order valence-corrected chi connectivity index (χ2v) is 3.59. The van der Waals surface area contributed by atoms with Crippen LogP contribution in [0.5, 0.6) is 5.75 Å². The molecule has 0 radical (unpaired) electrons. The fraction of sp³-hybridized carbons (Fsp3) is 0.364. The number of halogens is 1. The topological polar surface area (TPSA) is 35.5 Å². The predicted molar refractivity (Wildman–Crippen MR) is 58.8 cm³/mol. The summed E-state index contributed by atoms with van der Waals surface area (Å²) in [6, 6.07) is 4.93. The Balaban J connectivity index is 2.72. The van der Waals surface area contributed by atoms with Gasteiger partial charge in [-0.3, -0.25) is 4.79 Å². The number of hydrogen-bond acceptors (Lipinski definition) is 3. The molecule has 15 heavy (non-hydrogen) atoms. The van der Waals surface area contributed by atoms with E-state index in [0.717, 1.165) is 6.29 Å². The van der Waals surface area contributed by atoms with E-state index in [1.165, 1.54) is 0 Å². The maximum Gasteiger partial charge on any atom is 0.153 e. The first-order valence-electron chi connectivity index (χ1n) is 4.57. The average molecular weight is 229 g/mol. The highest BCUT2D eigenvalue weighted by atomic mass is 35.5. The van der Waals surface area contributed by atoms with E-state index in [0.29, 0.717) is 22.9 Å². The molecule has 0 fully saturated rings. The Morgan fingerprint density at radius 1 is 1.53 bits per heavy atom. The highest BCUT2D eigenvalue weighted by Gasteiger charge is 2.06. The summed E-state index contributed by atoms with van der Waals surface area (Å²) in [4.78, 5) is 10.7. The second kappa shape index (κ2) is 5.73. The number of carbonyl (C=O) groups is 1. The molecule has 0 bridgehead atoms. The van der Waals surface area contributed by atoms with Gasteiger partial charge in [0.15, 0.2) is 6.29 Å². The summed E-state index contributed by atoms with van der Waals surface area (Å²) in [6.07, 6.45) is 0.707. The van der Waals surface area contributed by atoms with Gasteiger partial charge < -0.3 is 9.47 Å². The van der Waals surface area contributed by atoms with E-state index in [9.17, 15) is 4.79 Å². The number of carbonyl (C=O) groups excluding carboxylic acids is 1. The Morgan fingerprint density at radius 2 is 2.27 bits per heavy atom. The van der Waals surface area contributed by atoms with E-state index in [-0.39, 0.29) is 6.10 Å². The van der Waals surface area contributed by atoms with Gasteiger partial charge in [-0.15, -0.1) is 0 Å². The average Bonchev–Trinajstić information content (AvgIpc) is 2.26. The van der Waals surface area contributed by atoms with Crippen molar-refractivity contribution in [1.82, 2.24) is 0 Å². The van der Waals surface area contributed by atoms with Gasteiger partial charge in [-0.25, -0.2) is 0 Å². The van der Waals surface area contributed by atoms with Crippen molar-refractivity contribution in [1.29, 1.82) is 0 Å². The van der Waals surface area contributed by atoms with Crippen LogP contribution in [-0.4, -0.2) is 26.1 Å². The number of ether oxygens (including phenoxy) is 2. The van der Waals surface area contributed by atoms with Gasteiger partial charge in [-0.1, -0.05) is 11.6 Å². The molecule has 82 valence electrons. The van der Waals surface area contributed by atoms with Crippen molar-refractivity contribution in [2.45, 2.75) is 13.0 Å². The van der Waals surface area contributed by atoms with Crippen molar-refractivity contribution >= 4 is 17.9 Å². The smallest absolute Gasteiger partial charge is 0.153 e. The molecular weight excluding hydrogens is 216 g/mol. The van der Waals surface area contributed by atoms with Gasteiger partial charge in [0.05, 0.1) is 11.7 Å². The van der Waals surface area contributed by atoms with Gasteiger partial charge in [0.25, 0.3) is 0 Å². The maximum absolute atomic E-state index is 10.7. The molecule has 0 saturated carbocycles. The molecule has 1 rings (SSSR count). The van der Waals surface area contributed by atoms with E-state index in [2.05, 4.69) is 0 Å². The van der Waals surface area contributed by atoms with Gasteiger partial charge in [0, 0.05) is 12.1 Å². The molecule has 0 aromatic heterocycles. The molecular formula is C11H13ClO3. The van der Waals surface area contributed by atoms with Crippen LogP contribution in [0.25, 0.3) is 0 Å². The van der Waals surface area contributed by atoms with Crippen LogP contribution < -0.4 is 4.74 Å². The van der Waals surface area contributed by atoms with Crippen LogP contribution in [0.3, 0.4) is 0 Å². The summed E-state index contributed by atoms with van der Waals surface area (Å²) in [7, 11) is 1.61. The van der Waals surface area contributed by atoms with Crippen LogP contribution in [-0.2, 0) is 4.74 Å². The summed E-state index contributed by atoms with van der Waals surface area (Å²) >= 11 is 5.75. The summed E-state index contributed by atoms with van der Waals surface area (Å²) < 4.78 is 10.5. The Morgan fingerprint density at radius 3 is 2.87 bits per heavy atom. The number of rotatable bonds is 5. The molecule has 1 unspecified atom stereocenters. The van der Waals surface area contributed by atoms with E-state index in [1.54, 1.807) is 25.3 Å². The van der Waals surface area contributed by atoms with Gasteiger partial charge >= 0.3 is 0 Å². The minimum atomic E-state index is -0.0137. The molecule has 0 aliphatic carbocycles. The highest BCUT2D eigenvalue weighted by molar-refractivity contribution is 6.30. The Kier molecular flexibility index (Phi) is 4.59. The first-order valence-corrected chi connectivity index (χ1v) is 4.95. The minimum absolute atomic E-state index is 0.0137. The normalized spacial score (nSPS) is 12.2. The molecule has 0 saturated heterocycles. The molecule has 0 heterocycles. The Hall–Kier alpha value is -1.06. The van der Waals surface area contributed by atoms with Crippen molar-refractivity contribution < 1.29 is 14.3 Å². The molecule has 0 N–H and O–H groups in total. The first kappa shape index (κ1) is 12.0. The van der Waals surface area contributed by atoms with Gasteiger partial charge in [0.2, 0.25) is 0 Å². The van der Waals surface area contributed by atoms with Gasteiger partial charge in [-0.05, 0) is 25.1 Å². The van der Waals surface area contributed by atoms with E-state index in [4.69, 9.17) is 21.1 Å². The third-order valence-corrected chi connectivity index (χ3v) is 2.21. The zero-order valence-electron chi connectivity index (χ0n) is 8.70. The third-order valence-electron chi connectivity index (χ3n) is 1.97. The lowest BCUT2D eigenvalue weighted by Crippen LogP contribution is -2.16. The molecule has 1 aromatic carbocycles. The van der Waals surface area contributed by atoms with Crippen molar-refractivity contribution in [3.63, 3.8) is 0 Å². The molecule has 0 spiro atoms. The molecule has 4 heteroatoms. The van der Waals surface area contributed by atoms with Gasteiger partial charge in [0.1, 0.15) is 12.4 Å². The van der Waals surface area contributed by atoms with Crippen LogP contribution in [0, 0.1) is 0 Å². The van der Waals surface area contributed by atoms with Crippen LogP contribution in [0.15, 0.2) is 18.2 Å². The van der Waals surface area contributed by atoms with Crippen LogP contribution in [0.4, 0.5) is 0 Å². The van der Waals surface area contributed by atoms with Crippen molar-refractivity contribution in [2.24, 2.45) is 0 Å².